The van der Waals surface area contributed by atoms with E-state index in [1.165, 1.54) is 7.11 Å². The number of hydrogen-bond donors (Lipinski definition) is 1. The lowest BCUT2D eigenvalue weighted by molar-refractivity contribution is -0.145. The third kappa shape index (κ3) is 9.32. The molecule has 1 N–H and O–H groups in total. The minimum atomic E-state index is -0.886. The van der Waals surface area contributed by atoms with E-state index in [1.807, 2.05) is 60.7 Å². The summed E-state index contributed by atoms with van der Waals surface area (Å²) in [5.41, 5.74) is 2.65. The fraction of sp³-hybridized carbons (Fsp3) is 0.250. The Morgan fingerprint density at radius 1 is 0.722 bits per heavy atom. The average Bonchev–Trinajstić information content (AvgIpc) is 2.90. The van der Waals surface area contributed by atoms with E-state index >= 15 is 0 Å². The summed E-state index contributed by atoms with van der Waals surface area (Å²) in [5.74, 6) is -1.17. The summed E-state index contributed by atoms with van der Waals surface area (Å²) >= 11 is 0. The molecule has 188 valence electrons. The van der Waals surface area contributed by atoms with Crippen LogP contribution in [0.15, 0.2) is 84.9 Å². The molecule has 0 aliphatic rings. The van der Waals surface area contributed by atoms with E-state index in [0.717, 1.165) is 16.7 Å². The second kappa shape index (κ2) is 14.4. The first-order chi connectivity index (χ1) is 17.5. The van der Waals surface area contributed by atoms with Gasteiger partial charge in [-0.25, -0.2) is 9.59 Å². The fourth-order valence-corrected chi connectivity index (χ4v) is 3.32. The highest BCUT2D eigenvalue weighted by molar-refractivity contribution is 5.85. The molecule has 3 rings (SSSR count). The number of rotatable bonds is 13. The first-order valence-corrected chi connectivity index (χ1v) is 11.4. The summed E-state index contributed by atoms with van der Waals surface area (Å²) in [4.78, 5) is 36.5. The first-order valence-electron chi connectivity index (χ1n) is 11.4. The van der Waals surface area contributed by atoms with Crippen LogP contribution in [-0.4, -0.2) is 44.2 Å². The molecule has 1 amide bonds. The molecule has 0 saturated heterocycles. The van der Waals surface area contributed by atoms with Crippen LogP contribution in [0.1, 0.15) is 16.7 Å². The Morgan fingerprint density at radius 3 is 1.83 bits per heavy atom. The van der Waals surface area contributed by atoms with Crippen molar-refractivity contribution in [3.8, 4) is 5.75 Å². The molecule has 36 heavy (non-hydrogen) atoms. The van der Waals surface area contributed by atoms with Gasteiger partial charge in [0.2, 0.25) is 5.91 Å². The van der Waals surface area contributed by atoms with Gasteiger partial charge in [0, 0.05) is 6.42 Å². The topological polar surface area (TPSA) is 100 Å². The number of methoxy groups -OCH3 is 1. The first kappa shape index (κ1) is 26.6. The maximum atomic E-state index is 12.3. The minimum Gasteiger partial charge on any atom is -0.467 e. The Labute approximate surface area is 210 Å². The van der Waals surface area contributed by atoms with E-state index in [-0.39, 0.29) is 26.2 Å². The molecule has 0 aliphatic heterocycles. The number of esters is 2. The standard InChI is InChI=1S/C28H29NO7/c1-33-28(32)25(29-26(30)19-34-17-22-8-4-2-5-9-22)16-21-12-14-24(15-13-21)36-27(31)20-35-18-23-10-6-3-7-11-23/h2-15,25H,16-20H2,1H3,(H,29,30)/t25-/m1/s1. The molecule has 0 spiro atoms. The van der Waals surface area contributed by atoms with Crippen LogP contribution in [0.5, 0.6) is 5.75 Å². The van der Waals surface area contributed by atoms with E-state index in [1.54, 1.807) is 24.3 Å². The number of carbonyl (C=O) groups excluding carboxylic acids is 3. The van der Waals surface area contributed by atoms with Gasteiger partial charge >= 0.3 is 11.9 Å². The number of benzene rings is 3. The monoisotopic (exact) mass is 491 g/mol. The number of hydrogen-bond acceptors (Lipinski definition) is 7. The molecular weight excluding hydrogens is 462 g/mol. The summed E-state index contributed by atoms with van der Waals surface area (Å²) in [6, 6.07) is 24.7. The van der Waals surface area contributed by atoms with Crippen LogP contribution in [0.2, 0.25) is 0 Å². The van der Waals surface area contributed by atoms with Gasteiger partial charge in [-0.2, -0.15) is 0 Å². The Hall–Kier alpha value is -4.01. The van der Waals surface area contributed by atoms with E-state index in [0.29, 0.717) is 12.4 Å². The quantitative estimate of drug-likeness (QED) is 0.289. The van der Waals surface area contributed by atoms with Gasteiger partial charge in [0.25, 0.3) is 0 Å². The molecule has 0 saturated carbocycles. The predicted octanol–water partition coefficient (Wildman–Crippen LogP) is 3.23. The third-order valence-electron chi connectivity index (χ3n) is 5.09. The average molecular weight is 492 g/mol. The zero-order valence-electron chi connectivity index (χ0n) is 20.1. The van der Waals surface area contributed by atoms with Crippen molar-refractivity contribution in [2.45, 2.75) is 25.7 Å². The summed E-state index contributed by atoms with van der Waals surface area (Å²) in [5, 5.41) is 2.65. The molecule has 1 atom stereocenters. The number of amides is 1. The third-order valence-corrected chi connectivity index (χ3v) is 5.09. The number of ether oxygens (including phenoxy) is 4. The van der Waals surface area contributed by atoms with Crippen LogP contribution in [0.4, 0.5) is 0 Å². The fourth-order valence-electron chi connectivity index (χ4n) is 3.32. The molecule has 0 heterocycles. The van der Waals surface area contributed by atoms with Crippen LogP contribution >= 0.6 is 0 Å². The Balaban J connectivity index is 1.44. The molecule has 3 aromatic rings. The molecule has 0 bridgehead atoms. The highest BCUT2D eigenvalue weighted by Gasteiger charge is 2.22. The second-order valence-electron chi connectivity index (χ2n) is 7.92. The van der Waals surface area contributed by atoms with Crippen LogP contribution in [0, 0.1) is 0 Å². The molecule has 0 radical (unpaired) electrons. The van der Waals surface area contributed by atoms with Crippen LogP contribution in [0.3, 0.4) is 0 Å². The lowest BCUT2D eigenvalue weighted by Gasteiger charge is -2.17. The summed E-state index contributed by atoms with van der Waals surface area (Å²) < 4.78 is 20.9. The van der Waals surface area contributed by atoms with Gasteiger partial charge in [-0.15, -0.1) is 0 Å². The lowest BCUT2D eigenvalue weighted by atomic mass is 10.1. The van der Waals surface area contributed by atoms with Gasteiger partial charge in [-0.3, -0.25) is 4.79 Å². The van der Waals surface area contributed by atoms with Crippen LogP contribution in [0.25, 0.3) is 0 Å². The maximum Gasteiger partial charge on any atom is 0.337 e. The van der Waals surface area contributed by atoms with Crippen molar-refractivity contribution in [1.29, 1.82) is 0 Å². The lowest BCUT2D eigenvalue weighted by Crippen LogP contribution is -2.44. The van der Waals surface area contributed by atoms with Crippen molar-refractivity contribution in [3.63, 3.8) is 0 Å². The largest absolute Gasteiger partial charge is 0.467 e. The Morgan fingerprint density at radius 2 is 1.28 bits per heavy atom. The van der Waals surface area contributed by atoms with Gasteiger partial charge in [0.15, 0.2) is 0 Å². The second-order valence-corrected chi connectivity index (χ2v) is 7.92. The minimum absolute atomic E-state index is 0.181. The van der Waals surface area contributed by atoms with Crippen LogP contribution < -0.4 is 10.1 Å². The summed E-state index contributed by atoms with van der Waals surface area (Å²) in [6.07, 6.45) is 0.200. The van der Waals surface area contributed by atoms with Gasteiger partial charge in [0.05, 0.1) is 20.3 Å². The zero-order chi connectivity index (χ0) is 25.6. The Bertz CT molecular complexity index is 1100. The van der Waals surface area contributed by atoms with Crippen molar-refractivity contribution in [2.24, 2.45) is 0 Å². The number of carbonyl (C=O) groups is 3. The van der Waals surface area contributed by atoms with E-state index in [9.17, 15) is 14.4 Å². The SMILES string of the molecule is COC(=O)[C@@H](Cc1ccc(OC(=O)COCc2ccccc2)cc1)NC(=O)COCc1ccccc1. The molecule has 8 heteroatoms. The smallest absolute Gasteiger partial charge is 0.337 e. The van der Waals surface area contributed by atoms with E-state index < -0.39 is 23.9 Å². The molecule has 0 aliphatic carbocycles. The van der Waals surface area contributed by atoms with Gasteiger partial charge < -0.3 is 24.3 Å². The Kier molecular flexibility index (Phi) is 10.6. The van der Waals surface area contributed by atoms with Crippen molar-refractivity contribution >= 4 is 17.8 Å². The molecule has 0 fully saturated rings. The maximum absolute atomic E-state index is 12.3. The van der Waals surface area contributed by atoms with Crippen LogP contribution in [-0.2, 0) is 48.2 Å². The van der Waals surface area contributed by atoms with E-state index in [2.05, 4.69) is 5.32 Å². The predicted molar refractivity (Wildman–Crippen MR) is 132 cm³/mol. The highest BCUT2D eigenvalue weighted by Crippen LogP contribution is 2.14. The van der Waals surface area contributed by atoms with Gasteiger partial charge in [-0.1, -0.05) is 72.8 Å². The molecular formula is C28H29NO7. The van der Waals surface area contributed by atoms with Crippen molar-refractivity contribution < 1.29 is 33.3 Å². The van der Waals surface area contributed by atoms with Gasteiger partial charge in [-0.05, 0) is 28.8 Å². The zero-order valence-corrected chi connectivity index (χ0v) is 20.1. The summed E-state index contributed by atoms with van der Waals surface area (Å²) in [6.45, 7) is 0.227. The molecule has 0 aromatic heterocycles. The van der Waals surface area contributed by atoms with E-state index in [4.69, 9.17) is 18.9 Å². The van der Waals surface area contributed by atoms with Crippen molar-refractivity contribution in [1.82, 2.24) is 5.32 Å². The summed E-state index contributed by atoms with van der Waals surface area (Å²) in [7, 11) is 1.26. The molecule has 8 nitrogen and oxygen atoms in total. The van der Waals surface area contributed by atoms with Crippen molar-refractivity contribution in [3.05, 3.63) is 102 Å². The highest BCUT2D eigenvalue weighted by atomic mass is 16.6. The van der Waals surface area contributed by atoms with Gasteiger partial charge in [0.1, 0.15) is 25.0 Å². The molecule has 3 aromatic carbocycles. The number of nitrogens with one attached hydrogen (secondary N) is 1. The normalized spacial score (nSPS) is 11.4. The van der Waals surface area contributed by atoms with Crippen molar-refractivity contribution in [2.75, 3.05) is 20.3 Å². The molecule has 0 unspecified atom stereocenters.